The van der Waals surface area contributed by atoms with Gasteiger partial charge in [-0.2, -0.15) is 0 Å². The predicted molar refractivity (Wildman–Crippen MR) is 82.6 cm³/mol. The van der Waals surface area contributed by atoms with E-state index in [1.54, 1.807) is 29.2 Å². The summed E-state index contributed by atoms with van der Waals surface area (Å²) in [7, 11) is 0. The van der Waals surface area contributed by atoms with Crippen molar-refractivity contribution in [3.05, 3.63) is 35.4 Å². The number of likely N-dealkylation sites (tertiary alicyclic amines) is 1. The van der Waals surface area contributed by atoms with Gasteiger partial charge in [-0.05, 0) is 24.6 Å². The summed E-state index contributed by atoms with van der Waals surface area (Å²) < 4.78 is 5.44. The summed E-state index contributed by atoms with van der Waals surface area (Å²) in [6, 6.07) is 7.11. The smallest absolute Gasteiger partial charge is 0.254 e. The van der Waals surface area contributed by atoms with Crippen molar-refractivity contribution in [1.29, 1.82) is 0 Å². The van der Waals surface area contributed by atoms with Crippen LogP contribution in [0.25, 0.3) is 0 Å². The molecule has 0 aromatic heterocycles. The van der Waals surface area contributed by atoms with Gasteiger partial charge in [-0.25, -0.2) is 0 Å². The molecule has 1 atom stereocenters. The van der Waals surface area contributed by atoms with Crippen LogP contribution in [-0.4, -0.2) is 53.3 Å². The van der Waals surface area contributed by atoms with E-state index in [0.717, 1.165) is 5.56 Å². The van der Waals surface area contributed by atoms with Crippen LogP contribution in [0.5, 0.6) is 0 Å². The van der Waals surface area contributed by atoms with Gasteiger partial charge in [0, 0.05) is 31.5 Å². The third-order valence-corrected chi connectivity index (χ3v) is 4.22. The highest BCUT2D eigenvalue weighted by Crippen LogP contribution is 2.17. The molecule has 0 bridgehead atoms. The number of amides is 3. The molecule has 0 spiro atoms. The number of morpholine rings is 1. The molecule has 2 aliphatic rings. The van der Waals surface area contributed by atoms with Crippen molar-refractivity contribution in [2.24, 2.45) is 0 Å². The molecule has 3 rings (SSSR count). The van der Waals surface area contributed by atoms with Crippen LogP contribution in [0, 0.1) is 0 Å². The molecule has 0 N–H and O–H groups in total. The van der Waals surface area contributed by atoms with Crippen LogP contribution in [0.3, 0.4) is 0 Å². The molecule has 3 amide bonds. The van der Waals surface area contributed by atoms with Crippen LogP contribution in [-0.2, 0) is 20.9 Å². The first kappa shape index (κ1) is 15.7. The fourth-order valence-corrected chi connectivity index (χ4v) is 2.92. The lowest BCUT2D eigenvalue weighted by molar-refractivity contribution is -0.139. The zero-order valence-electron chi connectivity index (χ0n) is 13.2. The number of nitrogens with zero attached hydrogens (tertiary/aromatic N) is 2. The van der Waals surface area contributed by atoms with Gasteiger partial charge in [0.1, 0.15) is 0 Å². The van der Waals surface area contributed by atoms with Gasteiger partial charge >= 0.3 is 0 Å². The van der Waals surface area contributed by atoms with Crippen molar-refractivity contribution in [1.82, 2.24) is 9.80 Å². The minimum atomic E-state index is -0.127. The van der Waals surface area contributed by atoms with E-state index in [0.29, 0.717) is 38.1 Å². The summed E-state index contributed by atoms with van der Waals surface area (Å²) in [5.74, 6) is -0.269. The monoisotopic (exact) mass is 316 g/mol. The van der Waals surface area contributed by atoms with Gasteiger partial charge in [-0.1, -0.05) is 12.1 Å². The Labute approximate surface area is 135 Å². The van der Waals surface area contributed by atoms with Crippen molar-refractivity contribution in [2.75, 3.05) is 19.7 Å². The largest absolute Gasteiger partial charge is 0.375 e. The Morgan fingerprint density at radius 2 is 1.83 bits per heavy atom. The lowest BCUT2D eigenvalue weighted by Crippen LogP contribution is -2.44. The number of hydrogen-bond acceptors (Lipinski definition) is 4. The Hall–Kier alpha value is -2.21. The summed E-state index contributed by atoms with van der Waals surface area (Å²) in [5.41, 5.74) is 1.46. The van der Waals surface area contributed by atoms with Crippen molar-refractivity contribution in [2.45, 2.75) is 32.4 Å². The maximum Gasteiger partial charge on any atom is 0.254 e. The number of ether oxygens (including phenoxy) is 1. The first-order valence-corrected chi connectivity index (χ1v) is 7.87. The van der Waals surface area contributed by atoms with E-state index in [-0.39, 0.29) is 30.4 Å². The standard InChI is InChI=1S/C17H20N2O4/c1-12-10-18(8-9-23-12)17(22)14-4-2-13(3-5-14)11-19-15(20)6-7-16(19)21/h2-5,12H,6-11H2,1H3. The van der Waals surface area contributed by atoms with E-state index in [2.05, 4.69) is 0 Å². The second kappa shape index (κ2) is 6.50. The van der Waals surface area contributed by atoms with Gasteiger partial charge in [0.25, 0.3) is 5.91 Å². The Morgan fingerprint density at radius 3 is 2.43 bits per heavy atom. The van der Waals surface area contributed by atoms with Gasteiger partial charge < -0.3 is 9.64 Å². The first-order valence-electron chi connectivity index (χ1n) is 7.87. The minimum absolute atomic E-state index is 0.0139. The number of carbonyl (C=O) groups is 3. The van der Waals surface area contributed by atoms with E-state index in [4.69, 9.17) is 4.74 Å². The van der Waals surface area contributed by atoms with Crippen LogP contribution in [0.4, 0.5) is 0 Å². The molecule has 23 heavy (non-hydrogen) atoms. The maximum atomic E-state index is 12.5. The van der Waals surface area contributed by atoms with Gasteiger partial charge in [0.05, 0.1) is 19.3 Å². The quantitative estimate of drug-likeness (QED) is 0.786. The van der Waals surface area contributed by atoms with Crippen LogP contribution < -0.4 is 0 Å². The van der Waals surface area contributed by atoms with Crippen molar-refractivity contribution in [3.8, 4) is 0 Å². The normalized spacial score (nSPS) is 21.9. The molecular weight excluding hydrogens is 296 g/mol. The second-order valence-corrected chi connectivity index (χ2v) is 6.00. The topological polar surface area (TPSA) is 66.9 Å². The van der Waals surface area contributed by atoms with E-state index in [9.17, 15) is 14.4 Å². The Kier molecular flexibility index (Phi) is 4.43. The number of imide groups is 1. The molecule has 2 aliphatic heterocycles. The fraction of sp³-hybridized carbons (Fsp3) is 0.471. The lowest BCUT2D eigenvalue weighted by atomic mass is 10.1. The zero-order chi connectivity index (χ0) is 16.4. The van der Waals surface area contributed by atoms with Crippen molar-refractivity contribution in [3.63, 3.8) is 0 Å². The number of rotatable bonds is 3. The maximum absolute atomic E-state index is 12.5. The second-order valence-electron chi connectivity index (χ2n) is 6.00. The van der Waals surface area contributed by atoms with Crippen LogP contribution in [0.15, 0.2) is 24.3 Å². The minimum Gasteiger partial charge on any atom is -0.375 e. The molecular formula is C17H20N2O4. The molecule has 1 aromatic carbocycles. The molecule has 122 valence electrons. The van der Waals surface area contributed by atoms with Crippen molar-refractivity contribution >= 4 is 17.7 Å². The molecule has 2 fully saturated rings. The molecule has 0 saturated carbocycles. The molecule has 1 unspecified atom stereocenters. The Bertz CT molecular complexity index is 610. The van der Waals surface area contributed by atoms with Gasteiger partial charge in [0.15, 0.2) is 0 Å². The van der Waals surface area contributed by atoms with Gasteiger partial charge in [0.2, 0.25) is 11.8 Å². The van der Waals surface area contributed by atoms with Crippen LogP contribution >= 0.6 is 0 Å². The van der Waals surface area contributed by atoms with Crippen LogP contribution in [0.2, 0.25) is 0 Å². The summed E-state index contributed by atoms with van der Waals surface area (Å²) in [4.78, 5) is 38.8. The summed E-state index contributed by atoms with van der Waals surface area (Å²) in [6.07, 6.45) is 0.647. The first-order chi connectivity index (χ1) is 11.0. The van der Waals surface area contributed by atoms with Crippen LogP contribution in [0.1, 0.15) is 35.7 Å². The summed E-state index contributed by atoms with van der Waals surface area (Å²) in [5, 5.41) is 0. The van der Waals surface area contributed by atoms with Gasteiger partial charge in [-0.3, -0.25) is 19.3 Å². The SMILES string of the molecule is CC1CN(C(=O)c2ccc(CN3C(=O)CCC3=O)cc2)CCO1. The molecule has 6 nitrogen and oxygen atoms in total. The van der Waals surface area contributed by atoms with E-state index in [1.165, 1.54) is 4.90 Å². The summed E-state index contributed by atoms with van der Waals surface area (Å²) in [6.45, 7) is 3.98. The highest BCUT2D eigenvalue weighted by atomic mass is 16.5. The molecule has 6 heteroatoms. The third kappa shape index (κ3) is 3.42. The third-order valence-electron chi connectivity index (χ3n) is 4.22. The van der Waals surface area contributed by atoms with E-state index < -0.39 is 0 Å². The van der Waals surface area contributed by atoms with Gasteiger partial charge in [-0.15, -0.1) is 0 Å². The number of hydrogen-bond donors (Lipinski definition) is 0. The molecule has 2 heterocycles. The van der Waals surface area contributed by atoms with E-state index >= 15 is 0 Å². The fourth-order valence-electron chi connectivity index (χ4n) is 2.92. The average Bonchev–Trinajstić information content (AvgIpc) is 2.87. The Balaban J connectivity index is 1.66. The molecule has 0 radical (unpaired) electrons. The molecule has 2 saturated heterocycles. The van der Waals surface area contributed by atoms with E-state index in [1.807, 2.05) is 6.92 Å². The highest BCUT2D eigenvalue weighted by molar-refractivity contribution is 6.01. The zero-order valence-corrected chi connectivity index (χ0v) is 13.2. The predicted octanol–water partition coefficient (Wildman–Crippen LogP) is 1.20. The molecule has 1 aromatic rings. The number of carbonyl (C=O) groups excluding carboxylic acids is 3. The Morgan fingerprint density at radius 1 is 1.17 bits per heavy atom. The summed E-state index contributed by atoms with van der Waals surface area (Å²) >= 11 is 0. The highest BCUT2D eigenvalue weighted by Gasteiger charge is 2.28. The number of benzene rings is 1. The van der Waals surface area contributed by atoms with Crippen molar-refractivity contribution < 1.29 is 19.1 Å². The lowest BCUT2D eigenvalue weighted by Gasteiger charge is -2.31. The average molecular weight is 316 g/mol. The molecule has 0 aliphatic carbocycles.